The van der Waals surface area contributed by atoms with E-state index in [0.29, 0.717) is 18.8 Å². The zero-order valence-corrected chi connectivity index (χ0v) is 15.2. The third kappa shape index (κ3) is 2.48. The molecule has 26 heavy (non-hydrogen) atoms. The summed E-state index contributed by atoms with van der Waals surface area (Å²) >= 11 is 0. The number of fused-ring (bicyclic) bond motifs is 2. The van der Waals surface area contributed by atoms with Crippen LogP contribution in [0.25, 0.3) is 0 Å². The predicted octanol–water partition coefficient (Wildman–Crippen LogP) is 1.80. The van der Waals surface area contributed by atoms with Crippen molar-refractivity contribution in [1.29, 1.82) is 0 Å². The number of carbonyl (C=O) groups is 1. The van der Waals surface area contributed by atoms with E-state index in [-0.39, 0.29) is 5.91 Å². The van der Waals surface area contributed by atoms with Crippen LogP contribution in [0.15, 0.2) is 0 Å². The molecule has 0 atom stereocenters. The Morgan fingerprint density at radius 3 is 2.69 bits per heavy atom. The van der Waals surface area contributed by atoms with Crippen LogP contribution in [-0.2, 0) is 25.8 Å². The second-order valence-electron chi connectivity index (χ2n) is 7.57. The van der Waals surface area contributed by atoms with Gasteiger partial charge in [0.1, 0.15) is 11.6 Å². The molecule has 2 aromatic rings. The van der Waals surface area contributed by atoms with Crippen LogP contribution in [0.1, 0.15) is 58.1 Å². The van der Waals surface area contributed by atoms with Gasteiger partial charge in [-0.3, -0.25) is 9.89 Å². The SMILES string of the molecule is Cc1nc2c(c(N3CCCC3)n1)CCN(C(=O)c1n[nH]c3c1CCC3)C2. The van der Waals surface area contributed by atoms with Crippen molar-refractivity contribution < 1.29 is 4.79 Å². The molecule has 5 rings (SSSR count). The van der Waals surface area contributed by atoms with Crippen molar-refractivity contribution in [3.8, 4) is 0 Å². The first kappa shape index (κ1) is 15.8. The topological polar surface area (TPSA) is 78.0 Å². The lowest BCUT2D eigenvalue weighted by Crippen LogP contribution is -2.38. The fourth-order valence-corrected chi connectivity index (χ4v) is 4.54. The molecule has 1 saturated heterocycles. The number of amides is 1. The molecule has 7 nitrogen and oxygen atoms in total. The zero-order chi connectivity index (χ0) is 17.7. The van der Waals surface area contributed by atoms with E-state index in [0.717, 1.165) is 67.4 Å². The highest BCUT2D eigenvalue weighted by atomic mass is 16.2. The standard InChI is InChI=1S/C19H24N6O/c1-12-20-16-11-25(19(26)17-13-5-4-6-15(13)22-23-17)10-7-14(16)18(21-12)24-8-2-3-9-24/h2-11H2,1H3,(H,22,23). The maximum absolute atomic E-state index is 13.0. The Morgan fingerprint density at radius 1 is 1.00 bits per heavy atom. The molecule has 0 saturated carbocycles. The van der Waals surface area contributed by atoms with E-state index in [9.17, 15) is 4.79 Å². The molecule has 7 heteroatoms. The van der Waals surface area contributed by atoms with Crippen LogP contribution >= 0.6 is 0 Å². The molecule has 0 radical (unpaired) electrons. The average molecular weight is 352 g/mol. The minimum absolute atomic E-state index is 0.0361. The number of H-pyrrole nitrogens is 1. The number of aromatic amines is 1. The van der Waals surface area contributed by atoms with Crippen LogP contribution in [0.2, 0.25) is 0 Å². The van der Waals surface area contributed by atoms with Crippen LogP contribution in [0.3, 0.4) is 0 Å². The van der Waals surface area contributed by atoms with Crippen molar-refractivity contribution in [2.75, 3.05) is 24.5 Å². The lowest BCUT2D eigenvalue weighted by Gasteiger charge is -2.31. The number of nitrogens with one attached hydrogen (secondary N) is 1. The van der Waals surface area contributed by atoms with Gasteiger partial charge in [-0.2, -0.15) is 5.10 Å². The summed E-state index contributed by atoms with van der Waals surface area (Å²) in [4.78, 5) is 26.7. The molecular weight excluding hydrogens is 328 g/mol. The van der Waals surface area contributed by atoms with E-state index < -0.39 is 0 Å². The summed E-state index contributed by atoms with van der Waals surface area (Å²) in [5.74, 6) is 1.92. The largest absolute Gasteiger partial charge is 0.356 e. The van der Waals surface area contributed by atoms with Crippen LogP contribution in [0.4, 0.5) is 5.82 Å². The average Bonchev–Trinajstić information content (AvgIpc) is 3.37. The summed E-state index contributed by atoms with van der Waals surface area (Å²) in [7, 11) is 0. The highest BCUT2D eigenvalue weighted by Gasteiger charge is 2.31. The molecule has 1 N–H and O–H groups in total. The van der Waals surface area contributed by atoms with Gasteiger partial charge in [0.15, 0.2) is 5.69 Å². The molecule has 2 aromatic heterocycles. The van der Waals surface area contributed by atoms with Crippen molar-refractivity contribution in [2.45, 2.75) is 52.0 Å². The lowest BCUT2D eigenvalue weighted by atomic mass is 10.0. The van der Waals surface area contributed by atoms with Gasteiger partial charge in [-0.15, -0.1) is 0 Å². The quantitative estimate of drug-likeness (QED) is 0.892. The Hall–Kier alpha value is -2.44. The van der Waals surface area contributed by atoms with Gasteiger partial charge < -0.3 is 9.80 Å². The number of anilines is 1. The Labute approximate surface area is 152 Å². The molecule has 1 amide bonds. The van der Waals surface area contributed by atoms with E-state index in [4.69, 9.17) is 4.98 Å². The van der Waals surface area contributed by atoms with E-state index in [1.165, 1.54) is 18.4 Å². The van der Waals surface area contributed by atoms with Gasteiger partial charge >= 0.3 is 0 Å². The molecule has 1 fully saturated rings. The second kappa shape index (κ2) is 6.07. The molecule has 3 aliphatic rings. The van der Waals surface area contributed by atoms with Crippen LogP contribution in [0, 0.1) is 6.92 Å². The van der Waals surface area contributed by atoms with Gasteiger partial charge in [0, 0.05) is 36.5 Å². The monoisotopic (exact) mass is 352 g/mol. The van der Waals surface area contributed by atoms with E-state index in [1.807, 2.05) is 11.8 Å². The van der Waals surface area contributed by atoms with Gasteiger partial charge in [0.05, 0.1) is 12.2 Å². The fraction of sp³-hybridized carbons (Fsp3) is 0.579. The van der Waals surface area contributed by atoms with Crippen molar-refractivity contribution in [3.05, 3.63) is 34.0 Å². The zero-order valence-electron chi connectivity index (χ0n) is 15.2. The Bertz CT molecular complexity index is 867. The Kier molecular flexibility index (Phi) is 3.69. The number of nitrogens with zero attached hydrogens (tertiary/aromatic N) is 5. The number of aromatic nitrogens is 4. The normalized spacial score (nSPS) is 19.0. The molecule has 0 spiro atoms. The minimum Gasteiger partial charge on any atom is -0.356 e. The minimum atomic E-state index is 0.0361. The van der Waals surface area contributed by atoms with E-state index in [2.05, 4.69) is 20.1 Å². The molecule has 4 heterocycles. The maximum Gasteiger partial charge on any atom is 0.275 e. The third-order valence-corrected chi connectivity index (χ3v) is 5.86. The van der Waals surface area contributed by atoms with Gasteiger partial charge in [0.2, 0.25) is 0 Å². The van der Waals surface area contributed by atoms with Crippen molar-refractivity contribution in [3.63, 3.8) is 0 Å². The number of aryl methyl sites for hydroxylation is 2. The molecule has 0 bridgehead atoms. The van der Waals surface area contributed by atoms with Gasteiger partial charge in [-0.1, -0.05) is 0 Å². The number of hydrogen-bond donors (Lipinski definition) is 1. The summed E-state index contributed by atoms with van der Waals surface area (Å²) in [6.07, 6.45) is 6.35. The van der Waals surface area contributed by atoms with Crippen molar-refractivity contribution in [1.82, 2.24) is 25.1 Å². The molecule has 0 unspecified atom stereocenters. The smallest absolute Gasteiger partial charge is 0.275 e. The first-order valence-electron chi connectivity index (χ1n) is 9.67. The van der Waals surface area contributed by atoms with Crippen LogP contribution < -0.4 is 4.90 Å². The summed E-state index contributed by atoms with van der Waals surface area (Å²) in [5, 5.41) is 7.36. The highest BCUT2D eigenvalue weighted by Crippen LogP contribution is 2.30. The summed E-state index contributed by atoms with van der Waals surface area (Å²) in [6.45, 7) is 5.36. The van der Waals surface area contributed by atoms with Crippen molar-refractivity contribution >= 4 is 11.7 Å². The second-order valence-corrected chi connectivity index (χ2v) is 7.57. The summed E-state index contributed by atoms with van der Waals surface area (Å²) < 4.78 is 0. The van der Waals surface area contributed by atoms with Crippen molar-refractivity contribution in [2.24, 2.45) is 0 Å². The van der Waals surface area contributed by atoms with E-state index in [1.54, 1.807) is 0 Å². The van der Waals surface area contributed by atoms with E-state index >= 15 is 0 Å². The summed E-state index contributed by atoms with van der Waals surface area (Å²) in [5.41, 5.74) is 5.11. The van der Waals surface area contributed by atoms with Gasteiger partial charge in [-0.25, -0.2) is 9.97 Å². The molecule has 1 aliphatic carbocycles. The van der Waals surface area contributed by atoms with Gasteiger partial charge in [-0.05, 0) is 45.4 Å². The molecule has 136 valence electrons. The number of rotatable bonds is 2. The predicted molar refractivity (Wildman–Crippen MR) is 97.3 cm³/mol. The Balaban J connectivity index is 1.44. The first-order chi connectivity index (χ1) is 12.7. The maximum atomic E-state index is 13.0. The number of hydrogen-bond acceptors (Lipinski definition) is 5. The molecule has 0 aromatic carbocycles. The lowest BCUT2D eigenvalue weighted by molar-refractivity contribution is 0.0724. The number of carbonyl (C=O) groups excluding carboxylic acids is 1. The van der Waals surface area contributed by atoms with Crippen LogP contribution in [0.5, 0.6) is 0 Å². The van der Waals surface area contributed by atoms with Gasteiger partial charge in [0.25, 0.3) is 5.91 Å². The molecule has 2 aliphatic heterocycles. The Morgan fingerprint density at radius 2 is 1.85 bits per heavy atom. The first-order valence-corrected chi connectivity index (χ1v) is 9.67. The van der Waals surface area contributed by atoms with Crippen LogP contribution in [-0.4, -0.2) is 50.6 Å². The fourth-order valence-electron chi connectivity index (χ4n) is 4.54. The molecular formula is C19H24N6O. The third-order valence-electron chi connectivity index (χ3n) is 5.86. The summed E-state index contributed by atoms with van der Waals surface area (Å²) in [6, 6.07) is 0. The highest BCUT2D eigenvalue weighted by molar-refractivity contribution is 5.94.